The molecule has 1 aliphatic carbocycles. The summed E-state index contributed by atoms with van der Waals surface area (Å²) in [5, 5.41) is 3.72. The smallest absolute Gasteiger partial charge is 0.408 e. The molecule has 0 saturated heterocycles. The number of carbonyl (C=O) groups is 2. The third kappa shape index (κ3) is 3.77. The Hall–Kier alpha value is -2.32. The zero-order valence-corrected chi connectivity index (χ0v) is 13.6. The van der Waals surface area contributed by atoms with Gasteiger partial charge in [0.1, 0.15) is 12.2 Å². The zero-order valence-electron chi connectivity index (χ0n) is 13.6. The van der Waals surface area contributed by atoms with Gasteiger partial charge in [0.2, 0.25) is 5.78 Å². The second-order valence-corrected chi connectivity index (χ2v) is 5.62. The quantitative estimate of drug-likeness (QED) is 0.618. The van der Waals surface area contributed by atoms with E-state index in [1.165, 1.54) is 0 Å². The molecule has 9 heteroatoms. The zero-order chi connectivity index (χ0) is 18.1. The summed E-state index contributed by atoms with van der Waals surface area (Å²) in [5.41, 5.74) is 0.202. The molecule has 1 heterocycles. The molecule has 0 unspecified atom stereocenters. The van der Waals surface area contributed by atoms with Crippen molar-refractivity contribution in [3.05, 3.63) is 28.7 Å². The maximum absolute atomic E-state index is 12.8. The van der Waals surface area contributed by atoms with Gasteiger partial charge in [-0.05, 0) is 19.8 Å². The van der Waals surface area contributed by atoms with E-state index in [0.29, 0.717) is 16.7 Å². The molecule has 0 atom stereocenters. The number of allylic oxidation sites excluding steroid dienone is 1. The van der Waals surface area contributed by atoms with Gasteiger partial charge in [-0.1, -0.05) is 0 Å². The number of alkyl halides is 3. The predicted molar refractivity (Wildman–Crippen MR) is 78.7 cm³/mol. The number of halogens is 3. The summed E-state index contributed by atoms with van der Waals surface area (Å²) < 4.78 is 43.8. The normalized spacial score (nSPS) is 16.2. The molecule has 0 radical (unpaired) electrons. The number of hydrogen-bond acceptors (Lipinski definition) is 5. The minimum absolute atomic E-state index is 0.0689. The lowest BCUT2D eigenvalue weighted by Gasteiger charge is -2.18. The molecule has 1 aromatic rings. The van der Waals surface area contributed by atoms with E-state index in [4.69, 9.17) is 4.74 Å². The Morgan fingerprint density at radius 3 is 2.58 bits per heavy atom. The van der Waals surface area contributed by atoms with Gasteiger partial charge in [0.05, 0.1) is 6.61 Å². The van der Waals surface area contributed by atoms with E-state index >= 15 is 0 Å². The van der Waals surface area contributed by atoms with Gasteiger partial charge in [-0.15, -0.1) is 0 Å². The third-order valence-electron chi connectivity index (χ3n) is 3.41. The molecule has 0 fully saturated rings. The average Bonchev–Trinajstić information content (AvgIpc) is 2.79. The van der Waals surface area contributed by atoms with Crippen LogP contribution in [-0.2, 0) is 17.7 Å². The van der Waals surface area contributed by atoms with Crippen LogP contribution in [0.3, 0.4) is 0 Å². The number of esters is 1. The summed E-state index contributed by atoms with van der Waals surface area (Å²) >= 11 is 0. The van der Waals surface area contributed by atoms with Crippen molar-refractivity contribution < 1.29 is 27.5 Å². The molecule has 0 spiro atoms. The van der Waals surface area contributed by atoms with Crippen molar-refractivity contribution in [2.45, 2.75) is 32.5 Å². The molecule has 0 aliphatic heterocycles. The fraction of sp³-hybridized carbons (Fsp3) is 0.533. The van der Waals surface area contributed by atoms with E-state index in [2.05, 4.69) is 5.10 Å². The van der Waals surface area contributed by atoms with Gasteiger partial charge in [-0.3, -0.25) is 9.48 Å². The van der Waals surface area contributed by atoms with E-state index in [1.807, 2.05) is 0 Å². The Morgan fingerprint density at radius 2 is 2.04 bits per heavy atom. The van der Waals surface area contributed by atoms with Gasteiger partial charge >= 0.3 is 12.1 Å². The molecular weight excluding hydrogens is 327 g/mol. The molecular formula is C15H18F3N3O3. The van der Waals surface area contributed by atoms with E-state index in [9.17, 15) is 22.8 Å². The van der Waals surface area contributed by atoms with Crippen molar-refractivity contribution in [3.63, 3.8) is 0 Å². The van der Waals surface area contributed by atoms with Crippen LogP contribution < -0.4 is 0 Å². The highest BCUT2D eigenvalue weighted by molar-refractivity contribution is 6.11. The molecule has 0 aromatic carbocycles. The summed E-state index contributed by atoms with van der Waals surface area (Å²) in [6.07, 6.45) is -2.41. The minimum Gasteiger partial charge on any atom is -0.461 e. The number of ether oxygens (including phenoxy) is 1. The number of aromatic nitrogens is 2. The second-order valence-electron chi connectivity index (χ2n) is 5.62. The predicted octanol–water partition coefficient (Wildman–Crippen LogP) is 2.20. The van der Waals surface area contributed by atoms with Crippen molar-refractivity contribution in [1.29, 1.82) is 0 Å². The minimum atomic E-state index is -4.56. The molecule has 0 saturated carbocycles. The van der Waals surface area contributed by atoms with Gasteiger partial charge in [-0.2, -0.15) is 18.3 Å². The van der Waals surface area contributed by atoms with Crippen LogP contribution in [0.1, 0.15) is 39.9 Å². The topological polar surface area (TPSA) is 64.4 Å². The Kier molecular flexibility index (Phi) is 5.00. The second kappa shape index (κ2) is 6.66. The van der Waals surface area contributed by atoms with Crippen LogP contribution in [-0.4, -0.2) is 53.3 Å². The van der Waals surface area contributed by atoms with Gasteiger partial charge in [-0.25, -0.2) is 4.79 Å². The highest BCUT2D eigenvalue weighted by Gasteiger charge is 2.37. The lowest BCUT2D eigenvalue weighted by atomic mass is 9.90. The number of nitrogens with zero attached hydrogens (tertiary/aromatic N) is 3. The first-order chi connectivity index (χ1) is 11.1. The van der Waals surface area contributed by atoms with Crippen molar-refractivity contribution in [1.82, 2.24) is 14.7 Å². The van der Waals surface area contributed by atoms with E-state index in [0.717, 1.165) is 0 Å². The number of Topliss-reactive ketones (excluding diaryl/α,β-unsaturated/α-hetero) is 1. The molecule has 2 rings (SSSR count). The van der Waals surface area contributed by atoms with Crippen LogP contribution in [0.15, 0.2) is 11.8 Å². The molecule has 1 aliphatic rings. The van der Waals surface area contributed by atoms with Crippen LogP contribution in [0.25, 0.3) is 0 Å². The molecule has 132 valence electrons. The average molecular weight is 345 g/mol. The van der Waals surface area contributed by atoms with Gasteiger partial charge in [0.25, 0.3) is 0 Å². The summed E-state index contributed by atoms with van der Waals surface area (Å²) in [6.45, 7) is 0.218. The summed E-state index contributed by atoms with van der Waals surface area (Å²) in [7, 11) is 3.43. The third-order valence-corrected chi connectivity index (χ3v) is 3.41. The van der Waals surface area contributed by atoms with Crippen molar-refractivity contribution in [3.8, 4) is 0 Å². The lowest BCUT2D eigenvalue weighted by Crippen LogP contribution is -2.25. The standard InChI is InChI=1S/C15H18F3N3O3/c1-4-24-14(23)11-10-6-5-9(7-20(2)3)13(22)12(10)21(19-11)8-15(16,17)18/h7H,4-6,8H2,1-3H3/b9-7+. The first kappa shape index (κ1) is 18.0. The number of hydrogen-bond donors (Lipinski definition) is 0. The first-order valence-corrected chi connectivity index (χ1v) is 7.39. The van der Waals surface area contributed by atoms with Crippen LogP contribution in [0, 0.1) is 0 Å². The Balaban J connectivity index is 2.54. The van der Waals surface area contributed by atoms with Crippen molar-refractivity contribution >= 4 is 11.8 Å². The lowest BCUT2D eigenvalue weighted by molar-refractivity contribution is -0.142. The Labute approximate surface area is 136 Å². The van der Waals surface area contributed by atoms with Crippen LogP contribution in [0.5, 0.6) is 0 Å². The monoisotopic (exact) mass is 345 g/mol. The van der Waals surface area contributed by atoms with Gasteiger partial charge in [0.15, 0.2) is 5.69 Å². The van der Waals surface area contributed by atoms with E-state index in [-0.39, 0.29) is 30.0 Å². The Bertz CT molecular complexity index is 690. The summed E-state index contributed by atoms with van der Waals surface area (Å²) in [5.74, 6) is -1.36. The number of carbonyl (C=O) groups excluding carboxylic acids is 2. The molecule has 24 heavy (non-hydrogen) atoms. The molecule has 6 nitrogen and oxygen atoms in total. The fourth-order valence-corrected chi connectivity index (χ4v) is 2.60. The van der Waals surface area contributed by atoms with Gasteiger partial charge in [0, 0.05) is 31.4 Å². The van der Waals surface area contributed by atoms with Crippen LogP contribution in [0.2, 0.25) is 0 Å². The number of fused-ring (bicyclic) bond motifs is 1. The van der Waals surface area contributed by atoms with Crippen LogP contribution in [0.4, 0.5) is 13.2 Å². The fourth-order valence-electron chi connectivity index (χ4n) is 2.60. The first-order valence-electron chi connectivity index (χ1n) is 7.39. The van der Waals surface area contributed by atoms with Crippen LogP contribution >= 0.6 is 0 Å². The number of ketones is 1. The van der Waals surface area contributed by atoms with Crippen molar-refractivity contribution in [2.75, 3.05) is 20.7 Å². The molecule has 0 N–H and O–H groups in total. The van der Waals surface area contributed by atoms with E-state index in [1.54, 1.807) is 32.1 Å². The Morgan fingerprint density at radius 1 is 1.38 bits per heavy atom. The summed E-state index contributed by atoms with van der Waals surface area (Å²) in [4.78, 5) is 26.2. The maximum atomic E-state index is 12.8. The van der Waals surface area contributed by atoms with E-state index < -0.39 is 24.5 Å². The largest absolute Gasteiger partial charge is 0.461 e. The number of rotatable bonds is 4. The van der Waals surface area contributed by atoms with Crippen molar-refractivity contribution in [2.24, 2.45) is 0 Å². The molecule has 0 bridgehead atoms. The SMILES string of the molecule is CCOC(=O)c1nn(CC(F)(F)F)c2c1CC/C(=C\N(C)C)C2=O. The highest BCUT2D eigenvalue weighted by Crippen LogP contribution is 2.30. The summed E-state index contributed by atoms with van der Waals surface area (Å²) in [6, 6.07) is 0. The maximum Gasteiger partial charge on any atom is 0.408 e. The highest BCUT2D eigenvalue weighted by atomic mass is 19.4. The van der Waals surface area contributed by atoms with Gasteiger partial charge < -0.3 is 9.64 Å². The molecule has 1 aromatic heterocycles. The molecule has 0 amide bonds.